The van der Waals surface area contributed by atoms with Gasteiger partial charge < -0.3 is 4.74 Å². The minimum atomic E-state index is -0.602. The molecule has 0 spiro atoms. The smallest absolute Gasteiger partial charge is 0.356 e. The number of carbonyl (C=O) groups excluding carboxylic acids is 2. The van der Waals surface area contributed by atoms with Gasteiger partial charge in [-0.2, -0.15) is 0 Å². The number of aromatic nitrogens is 1. The Morgan fingerprint density at radius 3 is 2.43 bits per heavy atom. The van der Waals surface area contributed by atoms with Crippen LogP contribution in [0, 0.1) is 11.8 Å². The van der Waals surface area contributed by atoms with Crippen LogP contribution < -0.4 is 0 Å². The summed E-state index contributed by atoms with van der Waals surface area (Å²) in [5.41, 5.74) is 0.827. The number of rotatable bonds is 2. The molecule has 0 amide bonds. The van der Waals surface area contributed by atoms with Gasteiger partial charge in [-0.1, -0.05) is 23.6 Å². The number of esters is 1. The second kappa shape index (κ2) is 6.69. The van der Waals surface area contributed by atoms with Crippen molar-refractivity contribution in [3.63, 3.8) is 0 Å². The summed E-state index contributed by atoms with van der Waals surface area (Å²) >= 11 is 5.76. The first-order valence-corrected chi connectivity index (χ1v) is 6.35. The lowest BCUT2D eigenvalue weighted by Crippen LogP contribution is -2.08. The molecule has 1 aromatic heterocycles. The maximum absolute atomic E-state index is 11.9. The quantitative estimate of drug-likeness (QED) is 0.486. The zero-order valence-electron chi connectivity index (χ0n) is 11.1. The van der Waals surface area contributed by atoms with Crippen LogP contribution in [0.15, 0.2) is 42.5 Å². The molecule has 0 unspecified atom stereocenters. The number of nitrogens with zero attached hydrogens (tertiary/aromatic N) is 1. The van der Waals surface area contributed by atoms with E-state index in [4.69, 9.17) is 11.6 Å². The van der Waals surface area contributed by atoms with Gasteiger partial charge in [-0.15, -0.1) is 0 Å². The Kier molecular flexibility index (Phi) is 4.70. The maximum atomic E-state index is 11.9. The fourth-order valence-corrected chi connectivity index (χ4v) is 1.63. The molecule has 0 bridgehead atoms. The van der Waals surface area contributed by atoms with E-state index in [1.54, 1.807) is 30.3 Å². The second-order valence-corrected chi connectivity index (χ2v) is 4.42. The van der Waals surface area contributed by atoms with Gasteiger partial charge in [0.1, 0.15) is 11.4 Å². The molecule has 0 atom stereocenters. The maximum Gasteiger partial charge on any atom is 0.356 e. The van der Waals surface area contributed by atoms with Gasteiger partial charge >= 0.3 is 5.97 Å². The fraction of sp³-hybridized carbons (Fsp3) is 0.0625. The monoisotopic (exact) mass is 299 g/mol. The predicted octanol–water partition coefficient (Wildman–Crippen LogP) is 2.76. The highest BCUT2D eigenvalue weighted by Crippen LogP contribution is 2.08. The second-order valence-electron chi connectivity index (χ2n) is 3.99. The average Bonchev–Trinajstić information content (AvgIpc) is 2.53. The van der Waals surface area contributed by atoms with Crippen molar-refractivity contribution in [3.05, 3.63) is 64.4 Å². The molecule has 0 saturated heterocycles. The molecule has 104 valence electrons. The summed E-state index contributed by atoms with van der Waals surface area (Å²) < 4.78 is 4.55. The van der Waals surface area contributed by atoms with E-state index in [1.165, 1.54) is 19.2 Å². The highest BCUT2D eigenvalue weighted by atomic mass is 35.5. The van der Waals surface area contributed by atoms with Gasteiger partial charge in [-0.3, -0.25) is 4.79 Å². The zero-order chi connectivity index (χ0) is 15.2. The minimum absolute atomic E-state index is 0.0663. The van der Waals surface area contributed by atoms with Gasteiger partial charge in [0, 0.05) is 10.6 Å². The molecule has 2 rings (SSSR count). The van der Waals surface area contributed by atoms with Gasteiger partial charge in [0.15, 0.2) is 0 Å². The van der Waals surface area contributed by atoms with Crippen molar-refractivity contribution in [2.24, 2.45) is 0 Å². The highest BCUT2D eigenvalue weighted by Gasteiger charge is 2.10. The summed E-state index contributed by atoms with van der Waals surface area (Å²) in [5, 5.41) is 0.597. The van der Waals surface area contributed by atoms with Crippen LogP contribution in [0.25, 0.3) is 0 Å². The zero-order valence-corrected chi connectivity index (χ0v) is 11.8. The van der Waals surface area contributed by atoms with Gasteiger partial charge in [-0.05, 0) is 42.3 Å². The number of ether oxygens (including phenoxy) is 1. The van der Waals surface area contributed by atoms with Crippen molar-refractivity contribution in [2.45, 2.75) is 0 Å². The molecule has 0 N–H and O–H groups in total. The normalized spacial score (nSPS) is 9.43. The van der Waals surface area contributed by atoms with Gasteiger partial charge in [0.25, 0.3) is 5.78 Å². The molecule has 1 aromatic carbocycles. The number of Topliss-reactive ketones (excluding diaryl/α,β-unsaturated/α-hetero) is 1. The third-order valence-corrected chi connectivity index (χ3v) is 2.79. The van der Waals surface area contributed by atoms with Crippen LogP contribution in [0.4, 0.5) is 0 Å². The van der Waals surface area contributed by atoms with Gasteiger partial charge in [0.2, 0.25) is 0 Å². The van der Waals surface area contributed by atoms with Crippen LogP contribution >= 0.6 is 11.6 Å². The van der Waals surface area contributed by atoms with E-state index in [9.17, 15) is 9.59 Å². The summed E-state index contributed by atoms with van der Waals surface area (Å²) in [6, 6.07) is 11.3. The number of pyridine rings is 1. The number of methoxy groups -OCH3 is 1. The van der Waals surface area contributed by atoms with Crippen molar-refractivity contribution in [2.75, 3.05) is 7.11 Å². The van der Waals surface area contributed by atoms with Crippen molar-refractivity contribution >= 4 is 23.4 Å². The van der Waals surface area contributed by atoms with Crippen LogP contribution in [-0.2, 0) is 4.74 Å². The summed E-state index contributed by atoms with van der Waals surface area (Å²) in [6.45, 7) is 0. The summed E-state index contributed by atoms with van der Waals surface area (Å²) in [4.78, 5) is 27.2. The first kappa shape index (κ1) is 14.8. The molecule has 21 heavy (non-hydrogen) atoms. The van der Waals surface area contributed by atoms with Crippen LogP contribution in [0.5, 0.6) is 0 Å². The SMILES string of the molecule is COC(=O)c1cccc(C(=O)C#Cc2ccc(Cl)cc2)n1. The summed E-state index contributed by atoms with van der Waals surface area (Å²) in [7, 11) is 1.25. The molecule has 0 aliphatic heterocycles. The Balaban J connectivity index is 2.21. The standard InChI is InChI=1S/C16H10ClNO3/c1-21-16(20)14-4-2-3-13(18-14)15(19)10-7-11-5-8-12(17)9-6-11/h2-6,8-9H,1H3. The molecular formula is C16H10ClNO3. The molecule has 5 heteroatoms. The van der Waals surface area contributed by atoms with E-state index >= 15 is 0 Å². The fourth-order valence-electron chi connectivity index (χ4n) is 1.51. The van der Waals surface area contributed by atoms with Crippen LogP contribution in [0.2, 0.25) is 5.02 Å². The van der Waals surface area contributed by atoms with Crippen molar-refractivity contribution < 1.29 is 14.3 Å². The van der Waals surface area contributed by atoms with E-state index in [0.29, 0.717) is 10.6 Å². The number of carbonyl (C=O) groups is 2. The number of hydrogen-bond acceptors (Lipinski definition) is 4. The van der Waals surface area contributed by atoms with Crippen LogP contribution in [0.3, 0.4) is 0 Å². The molecule has 0 aliphatic carbocycles. The third kappa shape index (κ3) is 3.91. The van der Waals surface area contributed by atoms with Crippen molar-refractivity contribution in [3.8, 4) is 11.8 Å². The molecular weight excluding hydrogens is 290 g/mol. The first-order chi connectivity index (χ1) is 10.1. The molecule has 0 fully saturated rings. The van der Waals surface area contributed by atoms with E-state index in [-0.39, 0.29) is 11.4 Å². The summed E-state index contributed by atoms with van der Waals surface area (Å²) in [5.74, 6) is 4.11. The predicted molar refractivity (Wildman–Crippen MR) is 78.2 cm³/mol. The van der Waals surface area contributed by atoms with E-state index in [0.717, 1.165) is 0 Å². The average molecular weight is 300 g/mol. The lowest BCUT2D eigenvalue weighted by Gasteiger charge is -1.99. The molecule has 0 radical (unpaired) electrons. The topological polar surface area (TPSA) is 56.3 Å². The Labute approximate surface area is 126 Å². The first-order valence-electron chi connectivity index (χ1n) is 5.97. The third-order valence-electron chi connectivity index (χ3n) is 2.54. The number of hydrogen-bond donors (Lipinski definition) is 0. The largest absolute Gasteiger partial charge is 0.464 e. The number of ketones is 1. The van der Waals surface area contributed by atoms with Crippen molar-refractivity contribution in [1.29, 1.82) is 0 Å². The van der Waals surface area contributed by atoms with E-state index in [2.05, 4.69) is 21.6 Å². The molecule has 2 aromatic rings. The highest BCUT2D eigenvalue weighted by molar-refractivity contribution is 6.30. The molecule has 1 heterocycles. The molecule has 0 aliphatic rings. The Morgan fingerprint density at radius 2 is 1.76 bits per heavy atom. The van der Waals surface area contributed by atoms with Crippen LogP contribution in [0.1, 0.15) is 26.5 Å². The number of halogens is 1. The van der Waals surface area contributed by atoms with Gasteiger partial charge in [-0.25, -0.2) is 9.78 Å². The lowest BCUT2D eigenvalue weighted by atomic mass is 10.2. The Morgan fingerprint density at radius 1 is 1.10 bits per heavy atom. The minimum Gasteiger partial charge on any atom is -0.464 e. The molecule has 4 nitrogen and oxygen atoms in total. The van der Waals surface area contributed by atoms with E-state index in [1.807, 2.05) is 0 Å². The number of benzene rings is 1. The van der Waals surface area contributed by atoms with Gasteiger partial charge in [0.05, 0.1) is 7.11 Å². The van der Waals surface area contributed by atoms with E-state index < -0.39 is 11.8 Å². The lowest BCUT2D eigenvalue weighted by molar-refractivity contribution is 0.0594. The molecule has 0 saturated carbocycles. The summed E-state index contributed by atoms with van der Waals surface area (Å²) in [6.07, 6.45) is 0. The Bertz CT molecular complexity index is 742. The van der Waals surface area contributed by atoms with Crippen molar-refractivity contribution in [1.82, 2.24) is 4.98 Å². The Hall–Kier alpha value is -2.64. The van der Waals surface area contributed by atoms with Crippen LogP contribution in [-0.4, -0.2) is 23.8 Å².